The fraction of sp³-hybridized carbons (Fsp3) is 0.692. The lowest BCUT2D eigenvalue weighted by Crippen LogP contribution is -2.37. The van der Waals surface area contributed by atoms with Crippen molar-refractivity contribution in [2.45, 2.75) is 49.1 Å². The Kier molecular flexibility index (Phi) is 3.89. The second-order valence-corrected chi connectivity index (χ2v) is 8.74. The molecular formula is C13H20N2O3S2. The molecule has 2 heterocycles. The van der Waals surface area contributed by atoms with E-state index in [0.29, 0.717) is 10.3 Å². The fourth-order valence-corrected chi connectivity index (χ4v) is 5.44. The van der Waals surface area contributed by atoms with Gasteiger partial charge in [-0.05, 0) is 37.8 Å². The van der Waals surface area contributed by atoms with Crippen LogP contribution in [-0.2, 0) is 16.6 Å². The second-order valence-electron chi connectivity index (χ2n) is 5.66. The Labute approximate surface area is 123 Å². The van der Waals surface area contributed by atoms with Gasteiger partial charge in [0.15, 0.2) is 0 Å². The molecule has 1 saturated carbocycles. The maximum absolute atomic E-state index is 12.4. The first kappa shape index (κ1) is 14.5. The summed E-state index contributed by atoms with van der Waals surface area (Å²) < 4.78 is 27.8. The maximum Gasteiger partial charge on any atom is 0.250 e. The Morgan fingerprint density at radius 3 is 2.80 bits per heavy atom. The SMILES string of the molecule is Cc1cc(S(=O)(=O)NC2CCN(C3CC3)C2)sc1CO. The number of likely N-dealkylation sites (tertiary alicyclic amines) is 1. The number of aliphatic hydroxyl groups is 1. The first-order chi connectivity index (χ1) is 9.49. The van der Waals surface area contributed by atoms with E-state index in [1.54, 1.807) is 6.07 Å². The summed E-state index contributed by atoms with van der Waals surface area (Å²) >= 11 is 1.16. The van der Waals surface area contributed by atoms with Crippen molar-refractivity contribution in [2.75, 3.05) is 13.1 Å². The molecule has 7 heteroatoms. The number of thiophene rings is 1. The number of nitrogens with zero attached hydrogens (tertiary/aromatic N) is 1. The second kappa shape index (κ2) is 5.38. The first-order valence-corrected chi connectivity index (χ1v) is 9.26. The van der Waals surface area contributed by atoms with E-state index in [4.69, 9.17) is 0 Å². The van der Waals surface area contributed by atoms with E-state index in [1.165, 1.54) is 12.8 Å². The topological polar surface area (TPSA) is 69.6 Å². The summed E-state index contributed by atoms with van der Waals surface area (Å²) in [5.74, 6) is 0. The van der Waals surface area contributed by atoms with Crippen LogP contribution in [0.2, 0.25) is 0 Å². The van der Waals surface area contributed by atoms with Crippen molar-refractivity contribution >= 4 is 21.4 Å². The largest absolute Gasteiger partial charge is 0.391 e. The predicted molar refractivity (Wildman–Crippen MR) is 78.3 cm³/mol. The normalized spacial score (nSPS) is 24.4. The van der Waals surface area contributed by atoms with Gasteiger partial charge in [-0.3, -0.25) is 4.90 Å². The van der Waals surface area contributed by atoms with Gasteiger partial charge in [0.25, 0.3) is 0 Å². The van der Waals surface area contributed by atoms with Crippen molar-refractivity contribution in [3.05, 3.63) is 16.5 Å². The number of rotatable bonds is 5. The highest BCUT2D eigenvalue weighted by molar-refractivity contribution is 7.91. The standard InChI is InChI=1S/C13H20N2O3S2/c1-9-6-13(19-12(9)8-16)20(17,18)14-10-4-5-15(7-10)11-2-3-11/h6,10-11,14,16H,2-5,7-8H2,1H3. The van der Waals surface area contributed by atoms with Crippen molar-refractivity contribution < 1.29 is 13.5 Å². The quantitative estimate of drug-likeness (QED) is 0.852. The van der Waals surface area contributed by atoms with Gasteiger partial charge in [0, 0.05) is 30.1 Å². The van der Waals surface area contributed by atoms with Gasteiger partial charge in [0.1, 0.15) is 4.21 Å². The lowest BCUT2D eigenvalue weighted by atomic mass is 10.3. The van der Waals surface area contributed by atoms with Crippen LogP contribution >= 0.6 is 11.3 Å². The Morgan fingerprint density at radius 2 is 2.20 bits per heavy atom. The highest BCUT2D eigenvalue weighted by atomic mass is 32.2. The van der Waals surface area contributed by atoms with Gasteiger partial charge in [-0.2, -0.15) is 0 Å². The molecule has 1 aliphatic heterocycles. The molecule has 3 rings (SSSR count). The molecule has 1 saturated heterocycles. The first-order valence-electron chi connectivity index (χ1n) is 6.96. The van der Waals surface area contributed by atoms with Crippen LogP contribution in [0.15, 0.2) is 10.3 Å². The minimum absolute atomic E-state index is 0.0144. The zero-order valence-electron chi connectivity index (χ0n) is 11.5. The summed E-state index contributed by atoms with van der Waals surface area (Å²) in [7, 11) is -3.45. The van der Waals surface area contributed by atoms with Crippen molar-refractivity contribution in [3.8, 4) is 0 Å². The smallest absolute Gasteiger partial charge is 0.250 e. The maximum atomic E-state index is 12.4. The van der Waals surface area contributed by atoms with Gasteiger partial charge in [0.05, 0.1) is 6.61 Å². The number of aliphatic hydroxyl groups excluding tert-OH is 1. The number of aryl methyl sites for hydroxylation is 1. The average molecular weight is 316 g/mol. The summed E-state index contributed by atoms with van der Waals surface area (Å²) in [5, 5.41) is 9.17. The Balaban J connectivity index is 1.68. The Morgan fingerprint density at radius 1 is 1.45 bits per heavy atom. The fourth-order valence-electron chi connectivity index (χ4n) is 2.71. The summed E-state index contributed by atoms with van der Waals surface area (Å²) in [6.07, 6.45) is 3.39. The Bertz CT molecular complexity index is 593. The monoisotopic (exact) mass is 316 g/mol. The van der Waals surface area contributed by atoms with E-state index in [-0.39, 0.29) is 12.6 Å². The molecule has 1 unspecified atom stereocenters. The van der Waals surface area contributed by atoms with Crippen molar-refractivity contribution in [3.63, 3.8) is 0 Å². The highest BCUT2D eigenvalue weighted by Crippen LogP contribution is 2.31. The van der Waals surface area contributed by atoms with Gasteiger partial charge >= 0.3 is 0 Å². The summed E-state index contributed by atoms with van der Waals surface area (Å²) in [5.41, 5.74) is 0.837. The molecule has 0 spiro atoms. The average Bonchev–Trinajstić information content (AvgIpc) is 3.02. The minimum atomic E-state index is -3.45. The number of hydrogen-bond acceptors (Lipinski definition) is 5. The van der Waals surface area contributed by atoms with E-state index in [0.717, 1.165) is 41.3 Å². The predicted octanol–water partition coefficient (Wildman–Crippen LogP) is 1.06. The van der Waals surface area contributed by atoms with Gasteiger partial charge in [0.2, 0.25) is 10.0 Å². The van der Waals surface area contributed by atoms with Crippen LogP contribution in [0.3, 0.4) is 0 Å². The molecule has 0 aromatic carbocycles. The molecule has 1 aromatic heterocycles. The van der Waals surface area contributed by atoms with Gasteiger partial charge in [-0.15, -0.1) is 11.3 Å². The van der Waals surface area contributed by atoms with Gasteiger partial charge < -0.3 is 5.11 Å². The molecule has 1 atom stereocenters. The van der Waals surface area contributed by atoms with Crippen LogP contribution in [0.4, 0.5) is 0 Å². The zero-order chi connectivity index (χ0) is 14.3. The van der Waals surface area contributed by atoms with Crippen molar-refractivity contribution in [1.82, 2.24) is 9.62 Å². The van der Waals surface area contributed by atoms with Crippen LogP contribution in [0.1, 0.15) is 29.7 Å². The van der Waals surface area contributed by atoms with E-state index in [2.05, 4.69) is 9.62 Å². The van der Waals surface area contributed by atoms with Crippen molar-refractivity contribution in [1.29, 1.82) is 0 Å². The molecule has 0 amide bonds. The number of hydrogen-bond donors (Lipinski definition) is 2. The lowest BCUT2D eigenvalue weighted by molar-refractivity contribution is 0.285. The molecule has 1 aliphatic carbocycles. The lowest BCUT2D eigenvalue weighted by Gasteiger charge is -2.15. The van der Waals surface area contributed by atoms with Crippen molar-refractivity contribution in [2.24, 2.45) is 0 Å². The summed E-state index contributed by atoms with van der Waals surface area (Å²) in [4.78, 5) is 3.10. The summed E-state index contributed by atoms with van der Waals surface area (Å²) in [6, 6.07) is 2.35. The molecule has 0 radical (unpaired) electrons. The molecule has 2 fully saturated rings. The van der Waals surface area contributed by atoms with Crippen LogP contribution < -0.4 is 4.72 Å². The van der Waals surface area contributed by atoms with Gasteiger partial charge in [-0.1, -0.05) is 0 Å². The number of nitrogens with one attached hydrogen (secondary N) is 1. The number of sulfonamides is 1. The third-order valence-electron chi connectivity index (χ3n) is 4.01. The van der Waals surface area contributed by atoms with Gasteiger partial charge in [-0.25, -0.2) is 13.1 Å². The molecule has 112 valence electrons. The zero-order valence-corrected chi connectivity index (χ0v) is 13.1. The molecular weight excluding hydrogens is 296 g/mol. The van der Waals surface area contributed by atoms with Crippen LogP contribution in [0.5, 0.6) is 0 Å². The third-order valence-corrected chi connectivity index (χ3v) is 7.23. The molecule has 2 N–H and O–H groups in total. The van der Waals surface area contributed by atoms with E-state index >= 15 is 0 Å². The van der Waals surface area contributed by atoms with E-state index < -0.39 is 10.0 Å². The molecule has 20 heavy (non-hydrogen) atoms. The molecule has 0 bridgehead atoms. The molecule has 5 nitrogen and oxygen atoms in total. The highest BCUT2D eigenvalue weighted by Gasteiger charge is 2.36. The minimum Gasteiger partial charge on any atom is -0.391 e. The molecule has 1 aromatic rings. The van der Waals surface area contributed by atoms with E-state index in [1.807, 2.05) is 6.92 Å². The van der Waals surface area contributed by atoms with Crippen LogP contribution in [-0.4, -0.2) is 43.6 Å². The van der Waals surface area contributed by atoms with Crippen LogP contribution in [0.25, 0.3) is 0 Å². The third kappa shape index (κ3) is 2.92. The summed E-state index contributed by atoms with van der Waals surface area (Å²) in [6.45, 7) is 3.53. The molecule has 2 aliphatic rings. The van der Waals surface area contributed by atoms with Crippen LogP contribution in [0, 0.1) is 6.92 Å². The van der Waals surface area contributed by atoms with E-state index in [9.17, 15) is 13.5 Å². The Hall–Kier alpha value is -0.470.